The quantitative estimate of drug-likeness (QED) is 0.779. The zero-order valence-corrected chi connectivity index (χ0v) is 16.7. The second kappa shape index (κ2) is 9.18. The van der Waals surface area contributed by atoms with Crippen LogP contribution < -0.4 is 5.73 Å². The normalized spacial score (nSPS) is 19.2. The van der Waals surface area contributed by atoms with Gasteiger partial charge in [-0.05, 0) is 36.5 Å². The van der Waals surface area contributed by atoms with Gasteiger partial charge in [0.2, 0.25) is 11.8 Å². The standard InChI is InChI=1S/C23H27FN2O3/c1-29-14-11-21(27)26-13-4-12-23(16-26,22(25)28)15-17-7-9-18(10-8-17)19-5-2-3-6-20(19)24/h2-3,5-10H,4,11-16H2,1H3,(H2,25,28). The molecular weight excluding hydrogens is 371 g/mol. The lowest BCUT2D eigenvalue weighted by molar-refractivity contribution is -0.140. The molecule has 1 heterocycles. The third-order valence-electron chi connectivity index (χ3n) is 5.65. The maximum absolute atomic E-state index is 14.0. The van der Waals surface area contributed by atoms with Crippen molar-refractivity contribution in [1.29, 1.82) is 0 Å². The van der Waals surface area contributed by atoms with Crippen LogP contribution in [0.2, 0.25) is 0 Å². The number of hydrogen-bond acceptors (Lipinski definition) is 3. The van der Waals surface area contributed by atoms with Crippen molar-refractivity contribution in [2.24, 2.45) is 11.1 Å². The summed E-state index contributed by atoms with van der Waals surface area (Å²) in [4.78, 5) is 26.5. The Morgan fingerprint density at radius 3 is 2.55 bits per heavy atom. The molecule has 1 atom stereocenters. The van der Waals surface area contributed by atoms with Gasteiger partial charge in [0.25, 0.3) is 0 Å². The molecule has 1 saturated heterocycles. The molecule has 0 radical (unpaired) electrons. The van der Waals surface area contributed by atoms with Gasteiger partial charge in [0, 0.05) is 25.8 Å². The number of nitrogens with two attached hydrogens (primary N) is 1. The molecule has 2 aromatic rings. The summed E-state index contributed by atoms with van der Waals surface area (Å²) in [6, 6.07) is 14.1. The zero-order valence-electron chi connectivity index (χ0n) is 16.7. The van der Waals surface area contributed by atoms with Gasteiger partial charge >= 0.3 is 0 Å². The van der Waals surface area contributed by atoms with Gasteiger partial charge in [0.05, 0.1) is 18.4 Å². The maximum atomic E-state index is 14.0. The van der Waals surface area contributed by atoms with Gasteiger partial charge in [-0.3, -0.25) is 9.59 Å². The van der Waals surface area contributed by atoms with E-state index >= 15 is 0 Å². The van der Waals surface area contributed by atoms with Crippen LogP contribution in [0.4, 0.5) is 4.39 Å². The number of ether oxygens (including phenoxy) is 1. The van der Waals surface area contributed by atoms with Crippen molar-refractivity contribution in [2.45, 2.75) is 25.7 Å². The number of nitrogens with zero attached hydrogens (tertiary/aromatic N) is 1. The summed E-state index contributed by atoms with van der Waals surface area (Å²) in [5.74, 6) is -0.682. The molecular formula is C23H27FN2O3. The van der Waals surface area contributed by atoms with Crippen LogP contribution in [0.25, 0.3) is 11.1 Å². The summed E-state index contributed by atoms with van der Waals surface area (Å²) in [5.41, 5.74) is 7.27. The molecule has 6 heteroatoms. The van der Waals surface area contributed by atoms with Gasteiger partial charge in [-0.2, -0.15) is 0 Å². The Balaban J connectivity index is 1.77. The van der Waals surface area contributed by atoms with Crippen LogP contribution in [-0.4, -0.2) is 43.5 Å². The number of amides is 2. The van der Waals surface area contributed by atoms with E-state index in [9.17, 15) is 14.0 Å². The number of methoxy groups -OCH3 is 1. The molecule has 0 bridgehead atoms. The second-order valence-corrected chi connectivity index (χ2v) is 7.66. The molecule has 2 amide bonds. The number of benzene rings is 2. The molecule has 2 N–H and O–H groups in total. The molecule has 0 saturated carbocycles. The molecule has 2 aromatic carbocycles. The van der Waals surface area contributed by atoms with E-state index in [4.69, 9.17) is 10.5 Å². The Bertz CT molecular complexity index is 869. The van der Waals surface area contributed by atoms with Crippen molar-refractivity contribution >= 4 is 11.8 Å². The summed E-state index contributed by atoms with van der Waals surface area (Å²) in [7, 11) is 1.56. The van der Waals surface area contributed by atoms with Gasteiger partial charge in [0.1, 0.15) is 5.82 Å². The topological polar surface area (TPSA) is 72.6 Å². The van der Waals surface area contributed by atoms with Gasteiger partial charge in [-0.1, -0.05) is 42.5 Å². The number of primary amides is 1. The van der Waals surface area contributed by atoms with Crippen molar-refractivity contribution in [3.63, 3.8) is 0 Å². The summed E-state index contributed by atoms with van der Waals surface area (Å²) in [5, 5.41) is 0. The number of rotatable bonds is 7. The van der Waals surface area contributed by atoms with E-state index in [1.54, 1.807) is 30.2 Å². The first-order chi connectivity index (χ1) is 13.9. The summed E-state index contributed by atoms with van der Waals surface area (Å²) in [6.45, 7) is 1.31. The highest BCUT2D eigenvalue weighted by Crippen LogP contribution is 2.34. The van der Waals surface area contributed by atoms with Gasteiger partial charge in [-0.15, -0.1) is 0 Å². The van der Waals surface area contributed by atoms with E-state index in [0.717, 1.165) is 17.5 Å². The predicted molar refractivity (Wildman–Crippen MR) is 109 cm³/mol. The van der Waals surface area contributed by atoms with Crippen molar-refractivity contribution < 1.29 is 18.7 Å². The summed E-state index contributed by atoms with van der Waals surface area (Å²) < 4.78 is 19.0. The molecule has 0 spiro atoms. The lowest BCUT2D eigenvalue weighted by atomic mass is 9.74. The van der Waals surface area contributed by atoms with Crippen LogP contribution in [0.5, 0.6) is 0 Å². The molecule has 3 rings (SSSR count). The fourth-order valence-corrected chi connectivity index (χ4v) is 4.01. The number of piperidine rings is 1. The van der Waals surface area contributed by atoms with Crippen LogP contribution in [0, 0.1) is 11.2 Å². The third-order valence-corrected chi connectivity index (χ3v) is 5.65. The minimum Gasteiger partial charge on any atom is -0.384 e. The molecule has 1 aliphatic rings. The number of likely N-dealkylation sites (tertiary alicyclic amines) is 1. The Kier molecular flexibility index (Phi) is 6.64. The lowest BCUT2D eigenvalue weighted by Crippen LogP contribution is -2.53. The molecule has 0 aromatic heterocycles. The molecule has 29 heavy (non-hydrogen) atoms. The number of carbonyl (C=O) groups is 2. The van der Waals surface area contributed by atoms with Crippen molar-refractivity contribution in [3.8, 4) is 11.1 Å². The third kappa shape index (κ3) is 4.82. The van der Waals surface area contributed by atoms with Crippen LogP contribution in [0.1, 0.15) is 24.8 Å². The van der Waals surface area contributed by atoms with E-state index in [2.05, 4.69) is 0 Å². The number of halogens is 1. The average Bonchev–Trinajstić information content (AvgIpc) is 2.73. The highest BCUT2D eigenvalue weighted by atomic mass is 19.1. The van der Waals surface area contributed by atoms with Crippen LogP contribution >= 0.6 is 0 Å². The van der Waals surface area contributed by atoms with Crippen molar-refractivity contribution in [1.82, 2.24) is 4.90 Å². The van der Waals surface area contributed by atoms with Crippen LogP contribution in [-0.2, 0) is 20.7 Å². The van der Waals surface area contributed by atoms with E-state index in [1.165, 1.54) is 6.07 Å². The Morgan fingerprint density at radius 1 is 1.17 bits per heavy atom. The second-order valence-electron chi connectivity index (χ2n) is 7.66. The summed E-state index contributed by atoms with van der Waals surface area (Å²) in [6.07, 6.45) is 2.12. The van der Waals surface area contributed by atoms with E-state index < -0.39 is 5.41 Å². The minimum atomic E-state index is -0.791. The fourth-order valence-electron chi connectivity index (χ4n) is 4.01. The van der Waals surface area contributed by atoms with Gasteiger partial charge in [-0.25, -0.2) is 4.39 Å². The summed E-state index contributed by atoms with van der Waals surface area (Å²) >= 11 is 0. The molecule has 0 aliphatic carbocycles. The van der Waals surface area contributed by atoms with E-state index in [1.807, 2.05) is 24.3 Å². The largest absolute Gasteiger partial charge is 0.384 e. The smallest absolute Gasteiger partial charge is 0.225 e. The average molecular weight is 398 g/mol. The van der Waals surface area contributed by atoms with Crippen LogP contribution in [0.15, 0.2) is 48.5 Å². The maximum Gasteiger partial charge on any atom is 0.225 e. The highest BCUT2D eigenvalue weighted by Gasteiger charge is 2.42. The minimum absolute atomic E-state index is 0.0212. The zero-order chi connectivity index (χ0) is 20.9. The van der Waals surface area contributed by atoms with Gasteiger partial charge < -0.3 is 15.4 Å². The Hall–Kier alpha value is -2.73. The van der Waals surface area contributed by atoms with Gasteiger partial charge in [0.15, 0.2) is 0 Å². The van der Waals surface area contributed by atoms with E-state index in [0.29, 0.717) is 44.5 Å². The lowest BCUT2D eigenvalue weighted by Gasteiger charge is -2.41. The predicted octanol–water partition coefficient (Wildman–Crippen LogP) is 3.17. The molecule has 1 unspecified atom stereocenters. The van der Waals surface area contributed by atoms with Crippen molar-refractivity contribution in [2.75, 3.05) is 26.8 Å². The molecule has 1 fully saturated rings. The highest BCUT2D eigenvalue weighted by molar-refractivity contribution is 5.83. The molecule has 5 nitrogen and oxygen atoms in total. The molecule has 154 valence electrons. The first-order valence-corrected chi connectivity index (χ1v) is 9.86. The number of hydrogen-bond donors (Lipinski definition) is 1. The number of carbonyl (C=O) groups excluding carboxylic acids is 2. The SMILES string of the molecule is COCCC(=O)N1CCCC(Cc2ccc(-c3ccccc3F)cc2)(C(N)=O)C1. The monoisotopic (exact) mass is 398 g/mol. The first-order valence-electron chi connectivity index (χ1n) is 9.86. The first kappa shape index (κ1) is 21.0. The molecule has 1 aliphatic heterocycles. The fraction of sp³-hybridized carbons (Fsp3) is 0.391. The van der Waals surface area contributed by atoms with Crippen molar-refractivity contribution in [3.05, 3.63) is 59.9 Å². The Labute approximate surface area is 170 Å². The van der Waals surface area contributed by atoms with Crippen LogP contribution in [0.3, 0.4) is 0 Å². The van der Waals surface area contributed by atoms with E-state index in [-0.39, 0.29) is 17.6 Å². The Morgan fingerprint density at radius 2 is 1.90 bits per heavy atom.